The molecular weight excluding hydrogens is 329 g/mol. The van der Waals surface area contributed by atoms with Crippen molar-refractivity contribution in [3.8, 4) is 6.07 Å². The molecule has 0 saturated heterocycles. The highest BCUT2D eigenvalue weighted by molar-refractivity contribution is 6.17. The summed E-state index contributed by atoms with van der Waals surface area (Å²) in [7, 11) is 0. The highest BCUT2D eigenvalue weighted by Crippen LogP contribution is 2.52. The minimum absolute atomic E-state index is 0.0159. The van der Waals surface area contributed by atoms with Crippen LogP contribution in [0.25, 0.3) is 0 Å². The van der Waals surface area contributed by atoms with E-state index < -0.39 is 23.1 Å². The van der Waals surface area contributed by atoms with Crippen LogP contribution in [0.15, 0.2) is 41.0 Å². The normalized spacial score (nSPS) is 21.6. The molecule has 2 heterocycles. The predicted octanol–water partition coefficient (Wildman–Crippen LogP) is 1.58. The Morgan fingerprint density at radius 2 is 2.24 bits per heavy atom. The lowest BCUT2D eigenvalue weighted by Crippen LogP contribution is -2.45. The molecule has 1 spiro atoms. The van der Waals surface area contributed by atoms with E-state index in [9.17, 15) is 19.2 Å². The summed E-state index contributed by atoms with van der Waals surface area (Å²) >= 11 is 0. The zero-order chi connectivity index (χ0) is 18.4. The van der Waals surface area contributed by atoms with E-state index in [1.165, 1.54) is 13.0 Å². The molecule has 0 aliphatic carbocycles. The van der Waals surface area contributed by atoms with E-state index in [-0.39, 0.29) is 40.6 Å². The number of nitrogens with zero attached hydrogens (tertiary/aromatic N) is 1. The number of halogens is 1. The smallest absolute Gasteiger partial charge is 0.339 e. The van der Waals surface area contributed by atoms with Crippen molar-refractivity contribution >= 4 is 17.6 Å². The van der Waals surface area contributed by atoms with Crippen molar-refractivity contribution in [3.63, 3.8) is 0 Å². The molecular formula is C17H14FN3O4. The van der Waals surface area contributed by atoms with Gasteiger partial charge in [-0.3, -0.25) is 4.79 Å². The minimum Gasteiger partial charge on any atom is -0.462 e. The van der Waals surface area contributed by atoms with Crippen molar-refractivity contribution in [2.75, 3.05) is 11.9 Å². The van der Waals surface area contributed by atoms with Gasteiger partial charge in [0.1, 0.15) is 28.8 Å². The molecule has 8 heteroatoms. The number of fused-ring (bicyclic) bond motifs is 2. The molecule has 3 rings (SSSR count). The van der Waals surface area contributed by atoms with Crippen molar-refractivity contribution in [2.24, 2.45) is 5.73 Å². The van der Waals surface area contributed by atoms with Crippen molar-refractivity contribution in [1.82, 2.24) is 0 Å². The Morgan fingerprint density at radius 1 is 1.52 bits per heavy atom. The summed E-state index contributed by atoms with van der Waals surface area (Å²) in [5, 5.41) is 12.2. The lowest BCUT2D eigenvalue weighted by atomic mass is 9.68. The van der Waals surface area contributed by atoms with Crippen LogP contribution in [-0.2, 0) is 24.5 Å². The molecule has 1 aromatic carbocycles. The quantitative estimate of drug-likeness (QED) is 0.788. The van der Waals surface area contributed by atoms with Crippen LogP contribution in [0.5, 0.6) is 0 Å². The van der Waals surface area contributed by atoms with E-state index in [2.05, 4.69) is 5.32 Å². The second kappa shape index (κ2) is 5.63. The minimum atomic E-state index is -1.91. The van der Waals surface area contributed by atoms with Gasteiger partial charge < -0.3 is 20.5 Å². The number of ether oxygens (including phenoxy) is 2. The lowest BCUT2D eigenvalue weighted by Gasteiger charge is -2.33. The van der Waals surface area contributed by atoms with E-state index in [1.54, 1.807) is 6.92 Å². The Hall–Kier alpha value is -3.34. The summed E-state index contributed by atoms with van der Waals surface area (Å²) in [5.74, 6) is -2.47. The molecule has 25 heavy (non-hydrogen) atoms. The molecule has 0 unspecified atom stereocenters. The zero-order valence-electron chi connectivity index (χ0n) is 13.5. The fourth-order valence-corrected chi connectivity index (χ4v) is 3.25. The lowest BCUT2D eigenvalue weighted by molar-refractivity contribution is -0.140. The number of hydrogen-bond donors (Lipinski definition) is 2. The Balaban J connectivity index is 2.41. The molecule has 3 N–H and O–H groups in total. The number of anilines is 1. The number of benzene rings is 1. The fraction of sp³-hybridized carbons (Fsp3) is 0.235. The predicted molar refractivity (Wildman–Crippen MR) is 84.0 cm³/mol. The molecule has 0 fully saturated rings. The molecule has 0 radical (unpaired) electrons. The second-order valence-corrected chi connectivity index (χ2v) is 5.50. The van der Waals surface area contributed by atoms with Gasteiger partial charge in [0, 0.05) is 11.3 Å². The molecule has 2 aliphatic rings. The van der Waals surface area contributed by atoms with E-state index in [4.69, 9.17) is 15.2 Å². The molecule has 0 aromatic heterocycles. The Kier molecular flexibility index (Phi) is 3.72. The van der Waals surface area contributed by atoms with Gasteiger partial charge in [0.15, 0.2) is 5.41 Å². The zero-order valence-corrected chi connectivity index (χ0v) is 13.5. The molecule has 7 nitrogen and oxygen atoms in total. The summed E-state index contributed by atoms with van der Waals surface area (Å²) < 4.78 is 24.2. The first-order valence-corrected chi connectivity index (χ1v) is 7.46. The summed E-state index contributed by atoms with van der Waals surface area (Å²) in [6, 6.07) is 5.44. The number of carbonyl (C=O) groups excluding carboxylic acids is 2. The first kappa shape index (κ1) is 16.5. The number of carbonyl (C=O) groups is 2. The second-order valence-electron chi connectivity index (χ2n) is 5.50. The third-order valence-electron chi connectivity index (χ3n) is 4.18. The maximum Gasteiger partial charge on any atom is 0.339 e. The van der Waals surface area contributed by atoms with Gasteiger partial charge in [0.2, 0.25) is 11.8 Å². The van der Waals surface area contributed by atoms with E-state index in [0.29, 0.717) is 0 Å². The first-order valence-electron chi connectivity index (χ1n) is 7.46. The third-order valence-corrected chi connectivity index (χ3v) is 4.18. The number of allylic oxidation sites excluding steroid dienone is 1. The van der Waals surface area contributed by atoms with Gasteiger partial charge in [0.05, 0.1) is 6.61 Å². The number of amides is 1. The Labute approximate surface area is 142 Å². The maximum atomic E-state index is 13.9. The van der Waals surface area contributed by atoms with Crippen molar-refractivity contribution in [3.05, 3.63) is 52.4 Å². The number of rotatable bonds is 2. The SMILES string of the molecule is CCOC(=O)C1=C(C)OC(N)=C(C#N)[C@@]12C(=O)Nc1ccc(F)cc12. The highest BCUT2D eigenvalue weighted by atomic mass is 19.1. The van der Waals surface area contributed by atoms with E-state index in [1.807, 2.05) is 6.07 Å². The van der Waals surface area contributed by atoms with Crippen molar-refractivity contribution < 1.29 is 23.5 Å². The summed E-state index contributed by atoms with van der Waals surface area (Å²) in [6.45, 7) is 3.08. The van der Waals surface area contributed by atoms with E-state index in [0.717, 1.165) is 12.1 Å². The largest absolute Gasteiger partial charge is 0.462 e. The number of nitrogens with two attached hydrogens (primary N) is 1. The third kappa shape index (κ3) is 2.09. The van der Waals surface area contributed by atoms with Gasteiger partial charge in [-0.05, 0) is 32.0 Å². The van der Waals surface area contributed by atoms with Crippen LogP contribution in [0.4, 0.5) is 10.1 Å². The van der Waals surface area contributed by atoms with Gasteiger partial charge in [-0.2, -0.15) is 5.26 Å². The standard InChI is InChI=1S/C17H14FN3O4/c1-3-24-15(22)13-8(2)25-14(20)11(7-19)17(13)10-6-9(18)4-5-12(10)21-16(17)23/h4-6H,3,20H2,1-2H3,(H,21,23)/t17-/m1/s1. The van der Waals surface area contributed by atoms with Crippen LogP contribution in [0, 0.1) is 17.1 Å². The number of nitriles is 1. The molecule has 0 saturated carbocycles. The van der Waals surface area contributed by atoms with Gasteiger partial charge in [-0.1, -0.05) is 0 Å². The van der Waals surface area contributed by atoms with Crippen LogP contribution >= 0.6 is 0 Å². The molecule has 1 aromatic rings. The molecule has 128 valence electrons. The van der Waals surface area contributed by atoms with Gasteiger partial charge >= 0.3 is 5.97 Å². The van der Waals surface area contributed by atoms with Gasteiger partial charge in [-0.15, -0.1) is 0 Å². The molecule has 0 bridgehead atoms. The number of nitrogens with one attached hydrogen (secondary N) is 1. The maximum absolute atomic E-state index is 13.9. The van der Waals surface area contributed by atoms with Crippen LogP contribution in [0.2, 0.25) is 0 Å². The number of esters is 1. The van der Waals surface area contributed by atoms with Gasteiger partial charge in [0.25, 0.3) is 0 Å². The van der Waals surface area contributed by atoms with Crippen molar-refractivity contribution in [2.45, 2.75) is 19.3 Å². The number of hydrogen-bond acceptors (Lipinski definition) is 6. The fourth-order valence-electron chi connectivity index (χ4n) is 3.25. The topological polar surface area (TPSA) is 114 Å². The average Bonchev–Trinajstić information content (AvgIpc) is 2.81. The van der Waals surface area contributed by atoms with E-state index >= 15 is 0 Å². The average molecular weight is 343 g/mol. The monoisotopic (exact) mass is 343 g/mol. The van der Waals surface area contributed by atoms with Crippen LogP contribution < -0.4 is 11.1 Å². The van der Waals surface area contributed by atoms with Crippen molar-refractivity contribution in [1.29, 1.82) is 5.26 Å². The van der Waals surface area contributed by atoms with Crippen LogP contribution in [-0.4, -0.2) is 18.5 Å². The summed E-state index contributed by atoms with van der Waals surface area (Å²) in [5.41, 5.74) is 3.80. The van der Waals surface area contributed by atoms with Gasteiger partial charge in [-0.25, -0.2) is 9.18 Å². The first-order chi connectivity index (χ1) is 11.9. The Morgan fingerprint density at radius 3 is 2.88 bits per heavy atom. The summed E-state index contributed by atoms with van der Waals surface area (Å²) in [6.07, 6.45) is 0. The Bertz CT molecular complexity index is 913. The van der Waals surface area contributed by atoms with Crippen LogP contribution in [0.3, 0.4) is 0 Å². The van der Waals surface area contributed by atoms with Crippen LogP contribution in [0.1, 0.15) is 19.4 Å². The highest BCUT2D eigenvalue weighted by Gasteiger charge is 2.59. The molecule has 2 aliphatic heterocycles. The molecule has 1 atom stereocenters. The summed E-state index contributed by atoms with van der Waals surface area (Å²) in [4.78, 5) is 25.5. The molecule has 1 amide bonds.